The molecule has 5 heteroatoms. The molecule has 0 spiro atoms. The molecule has 1 saturated heterocycles. The number of rotatable bonds is 4. The van der Waals surface area contributed by atoms with Gasteiger partial charge in [0.05, 0.1) is 6.04 Å². The molecule has 2 N–H and O–H groups in total. The van der Waals surface area contributed by atoms with Gasteiger partial charge >= 0.3 is 6.61 Å². The molecule has 3 nitrogen and oxygen atoms in total. The number of ether oxygens (including phenoxy) is 1. The van der Waals surface area contributed by atoms with Crippen LogP contribution in [0.1, 0.15) is 0 Å². The lowest BCUT2D eigenvalue weighted by atomic mass is 10.1. The number of anilines is 1. The maximum absolute atomic E-state index is 11.9. The van der Waals surface area contributed by atoms with Crippen LogP contribution in [0.5, 0.6) is 5.75 Å². The van der Waals surface area contributed by atoms with Crippen molar-refractivity contribution >= 4 is 5.69 Å². The van der Waals surface area contributed by atoms with Crippen LogP contribution in [0.25, 0.3) is 0 Å². The number of nitrogens with one attached hydrogen (secondary N) is 2. The lowest BCUT2D eigenvalue weighted by Gasteiger charge is -2.29. The Morgan fingerprint density at radius 2 is 2.20 bits per heavy atom. The van der Waals surface area contributed by atoms with Crippen molar-refractivity contribution in [1.29, 1.82) is 0 Å². The first-order valence-electron chi connectivity index (χ1n) is 4.76. The van der Waals surface area contributed by atoms with Gasteiger partial charge in [0, 0.05) is 24.8 Å². The average Bonchev–Trinajstić information content (AvgIpc) is 2.11. The van der Waals surface area contributed by atoms with E-state index in [1.54, 1.807) is 12.1 Å². The first-order chi connectivity index (χ1) is 7.24. The van der Waals surface area contributed by atoms with Gasteiger partial charge in [-0.2, -0.15) is 8.78 Å². The maximum Gasteiger partial charge on any atom is 0.387 e. The number of alkyl halides is 2. The van der Waals surface area contributed by atoms with Gasteiger partial charge in [-0.15, -0.1) is 0 Å². The van der Waals surface area contributed by atoms with E-state index in [1.165, 1.54) is 6.07 Å². The summed E-state index contributed by atoms with van der Waals surface area (Å²) in [5.74, 6) is 0.183. The van der Waals surface area contributed by atoms with Crippen LogP contribution in [0.15, 0.2) is 24.3 Å². The smallest absolute Gasteiger partial charge is 0.387 e. The van der Waals surface area contributed by atoms with Crippen molar-refractivity contribution in [2.24, 2.45) is 0 Å². The zero-order valence-electron chi connectivity index (χ0n) is 8.04. The Labute approximate surface area is 86.4 Å². The number of hydrogen-bond acceptors (Lipinski definition) is 3. The van der Waals surface area contributed by atoms with Crippen LogP contribution < -0.4 is 15.4 Å². The molecule has 0 saturated carbocycles. The summed E-state index contributed by atoms with van der Waals surface area (Å²) in [6.45, 7) is -0.967. The van der Waals surface area contributed by atoms with Gasteiger partial charge in [-0.25, -0.2) is 0 Å². The monoisotopic (exact) mass is 214 g/mol. The Morgan fingerprint density at radius 1 is 1.40 bits per heavy atom. The van der Waals surface area contributed by atoms with E-state index in [0.717, 1.165) is 18.8 Å². The first-order valence-corrected chi connectivity index (χ1v) is 4.76. The topological polar surface area (TPSA) is 33.3 Å². The maximum atomic E-state index is 11.9. The van der Waals surface area contributed by atoms with Gasteiger partial charge in [-0.1, -0.05) is 6.07 Å². The van der Waals surface area contributed by atoms with Crippen LogP contribution in [-0.2, 0) is 0 Å². The molecule has 0 atom stereocenters. The minimum atomic E-state index is -2.77. The van der Waals surface area contributed by atoms with Crippen LogP contribution in [0.3, 0.4) is 0 Å². The third-order valence-corrected chi connectivity index (χ3v) is 2.21. The zero-order chi connectivity index (χ0) is 10.7. The molecule has 1 fully saturated rings. The van der Waals surface area contributed by atoms with Crippen molar-refractivity contribution in [2.75, 3.05) is 18.4 Å². The first kappa shape index (κ1) is 10.2. The lowest BCUT2D eigenvalue weighted by molar-refractivity contribution is -0.0498. The summed E-state index contributed by atoms with van der Waals surface area (Å²) in [6.07, 6.45) is 0. The molecular formula is C10H12F2N2O. The van der Waals surface area contributed by atoms with Crippen molar-refractivity contribution < 1.29 is 13.5 Å². The molecule has 0 amide bonds. The van der Waals surface area contributed by atoms with Crippen molar-refractivity contribution in [3.8, 4) is 5.75 Å². The second-order valence-electron chi connectivity index (χ2n) is 3.41. The van der Waals surface area contributed by atoms with Crippen molar-refractivity contribution in [3.63, 3.8) is 0 Å². The van der Waals surface area contributed by atoms with Crippen LogP contribution in [0, 0.1) is 0 Å². The van der Waals surface area contributed by atoms with Crippen LogP contribution in [0.2, 0.25) is 0 Å². The molecule has 0 aliphatic carbocycles. The average molecular weight is 214 g/mol. The third kappa shape index (κ3) is 2.79. The van der Waals surface area contributed by atoms with Gasteiger partial charge in [0.15, 0.2) is 0 Å². The van der Waals surface area contributed by atoms with E-state index in [2.05, 4.69) is 15.4 Å². The van der Waals surface area contributed by atoms with Crippen molar-refractivity contribution in [2.45, 2.75) is 12.7 Å². The summed E-state index contributed by atoms with van der Waals surface area (Å²) in [6, 6.07) is 6.98. The minimum absolute atomic E-state index is 0.183. The van der Waals surface area contributed by atoms with Crippen molar-refractivity contribution in [3.05, 3.63) is 24.3 Å². The Morgan fingerprint density at radius 3 is 2.80 bits per heavy atom. The summed E-state index contributed by atoms with van der Waals surface area (Å²) in [4.78, 5) is 0. The highest BCUT2D eigenvalue weighted by Gasteiger charge is 2.16. The standard InChI is InChI=1S/C10H12F2N2O/c11-10(12)15-9-3-1-2-7(4-9)14-8-5-13-6-8/h1-4,8,10,13-14H,5-6H2. The lowest BCUT2D eigenvalue weighted by Crippen LogP contribution is -2.51. The van der Waals surface area contributed by atoms with E-state index in [-0.39, 0.29) is 5.75 Å². The van der Waals surface area contributed by atoms with E-state index >= 15 is 0 Å². The molecule has 1 aliphatic rings. The SMILES string of the molecule is FC(F)Oc1cccc(NC2CNC2)c1. The quantitative estimate of drug-likeness (QED) is 0.799. The van der Waals surface area contributed by atoms with E-state index < -0.39 is 6.61 Å². The third-order valence-electron chi connectivity index (χ3n) is 2.21. The van der Waals surface area contributed by atoms with Crippen LogP contribution in [-0.4, -0.2) is 25.7 Å². The molecule has 15 heavy (non-hydrogen) atoms. The van der Waals surface area contributed by atoms with Crippen molar-refractivity contribution in [1.82, 2.24) is 5.32 Å². The zero-order valence-corrected chi connectivity index (χ0v) is 8.04. The molecule has 1 aromatic carbocycles. The number of halogens is 2. The summed E-state index contributed by atoms with van der Waals surface area (Å²) in [7, 11) is 0. The number of hydrogen-bond donors (Lipinski definition) is 2. The highest BCUT2D eigenvalue weighted by molar-refractivity contribution is 5.49. The van der Waals surface area contributed by atoms with Gasteiger partial charge in [0.25, 0.3) is 0 Å². The molecular weight excluding hydrogens is 202 g/mol. The molecule has 0 aromatic heterocycles. The molecule has 0 radical (unpaired) electrons. The minimum Gasteiger partial charge on any atom is -0.435 e. The second-order valence-corrected chi connectivity index (χ2v) is 3.41. The molecule has 1 aliphatic heterocycles. The Hall–Kier alpha value is -1.36. The number of benzene rings is 1. The fourth-order valence-electron chi connectivity index (χ4n) is 1.39. The molecule has 1 heterocycles. The summed E-state index contributed by atoms with van der Waals surface area (Å²) >= 11 is 0. The molecule has 1 aromatic rings. The Balaban J connectivity index is 1.98. The van der Waals surface area contributed by atoms with Gasteiger partial charge < -0.3 is 15.4 Å². The van der Waals surface area contributed by atoms with E-state index in [1.807, 2.05) is 6.07 Å². The van der Waals surface area contributed by atoms with Gasteiger partial charge in [-0.3, -0.25) is 0 Å². The Bertz CT molecular complexity index is 329. The molecule has 0 bridgehead atoms. The molecule has 0 unspecified atom stereocenters. The summed E-state index contributed by atoms with van der Waals surface area (Å²) < 4.78 is 28.2. The fourth-order valence-corrected chi connectivity index (χ4v) is 1.39. The largest absolute Gasteiger partial charge is 0.435 e. The molecule has 82 valence electrons. The summed E-state index contributed by atoms with van der Waals surface area (Å²) in [5, 5.41) is 6.32. The van der Waals surface area contributed by atoms with E-state index in [4.69, 9.17) is 0 Å². The summed E-state index contributed by atoms with van der Waals surface area (Å²) in [5.41, 5.74) is 0.805. The van der Waals surface area contributed by atoms with Gasteiger partial charge in [0.1, 0.15) is 5.75 Å². The predicted octanol–water partition coefficient (Wildman–Crippen LogP) is 1.67. The predicted molar refractivity (Wildman–Crippen MR) is 53.4 cm³/mol. The Kier molecular flexibility index (Phi) is 3.01. The van der Waals surface area contributed by atoms with Crippen LogP contribution >= 0.6 is 0 Å². The van der Waals surface area contributed by atoms with Crippen LogP contribution in [0.4, 0.5) is 14.5 Å². The van der Waals surface area contributed by atoms with Gasteiger partial charge in [-0.05, 0) is 12.1 Å². The normalized spacial score (nSPS) is 16.2. The van der Waals surface area contributed by atoms with E-state index in [9.17, 15) is 8.78 Å². The fraction of sp³-hybridized carbons (Fsp3) is 0.400. The van der Waals surface area contributed by atoms with E-state index in [0.29, 0.717) is 6.04 Å². The second kappa shape index (κ2) is 4.44. The van der Waals surface area contributed by atoms with Gasteiger partial charge in [0.2, 0.25) is 0 Å². The highest BCUT2D eigenvalue weighted by Crippen LogP contribution is 2.20. The molecule has 2 rings (SSSR count). The highest BCUT2D eigenvalue weighted by atomic mass is 19.3.